The summed E-state index contributed by atoms with van der Waals surface area (Å²) in [5, 5.41) is 8.87. The van der Waals surface area contributed by atoms with E-state index in [9.17, 15) is 9.59 Å². The predicted molar refractivity (Wildman–Crippen MR) is 101 cm³/mol. The van der Waals surface area contributed by atoms with Crippen molar-refractivity contribution >= 4 is 46.6 Å². The maximum Gasteiger partial charge on any atom is 0.264 e. The molecule has 0 bridgehead atoms. The molecule has 0 aliphatic carbocycles. The van der Waals surface area contributed by atoms with Gasteiger partial charge in [0.1, 0.15) is 5.56 Å². The molecule has 9 heteroatoms. The molecule has 1 aliphatic heterocycles. The second-order valence-corrected chi connectivity index (χ2v) is 7.41. The molecular weight excluding hydrogens is 383 g/mol. The molecule has 1 atom stereocenters. The number of halogens is 2. The van der Waals surface area contributed by atoms with Gasteiger partial charge in [-0.25, -0.2) is 4.98 Å². The Hall–Kier alpha value is -1.96. The number of hydrogen-bond donors (Lipinski definition) is 3. The monoisotopic (exact) mass is 396 g/mol. The number of carbonyl (C=O) groups excluding carboxylic acids is 1. The minimum Gasteiger partial charge on any atom is -0.370 e. The lowest BCUT2D eigenvalue weighted by Crippen LogP contribution is -2.30. The molecule has 6 nitrogen and oxygen atoms in total. The van der Waals surface area contributed by atoms with Crippen molar-refractivity contribution in [3.05, 3.63) is 67.2 Å². The average Bonchev–Trinajstić information content (AvgIpc) is 3.00. The summed E-state index contributed by atoms with van der Waals surface area (Å²) in [5.74, 6) is -0.124. The Morgan fingerprint density at radius 3 is 2.84 bits per heavy atom. The molecule has 2 heterocycles. The Morgan fingerprint density at radius 2 is 2.20 bits per heavy atom. The average molecular weight is 397 g/mol. The lowest BCUT2D eigenvalue weighted by Gasteiger charge is -2.09. The van der Waals surface area contributed by atoms with Gasteiger partial charge in [-0.05, 0) is 30.0 Å². The quantitative estimate of drug-likeness (QED) is 0.739. The fraction of sp³-hybridized carbons (Fsp3) is 0.188. The van der Waals surface area contributed by atoms with Crippen molar-refractivity contribution in [2.24, 2.45) is 0 Å². The van der Waals surface area contributed by atoms with Crippen molar-refractivity contribution in [2.75, 3.05) is 0 Å². The number of aromatic amines is 1. The number of aromatic nitrogens is 2. The third kappa shape index (κ3) is 4.18. The van der Waals surface area contributed by atoms with E-state index in [1.165, 1.54) is 6.20 Å². The molecule has 130 valence electrons. The zero-order chi connectivity index (χ0) is 18.0. The fourth-order valence-corrected chi connectivity index (χ4v) is 3.40. The summed E-state index contributed by atoms with van der Waals surface area (Å²) in [5.41, 5.74) is 0.867. The molecule has 0 radical (unpaired) electrons. The minimum atomic E-state index is -0.526. The Labute approximate surface area is 158 Å². The molecule has 3 rings (SSSR count). The van der Waals surface area contributed by atoms with Crippen molar-refractivity contribution < 1.29 is 4.79 Å². The Kier molecular flexibility index (Phi) is 5.36. The summed E-state index contributed by atoms with van der Waals surface area (Å²) in [6.45, 7) is 2.17. The molecule has 1 aliphatic rings. The number of nitrogens with one attached hydrogen (secondary N) is 3. The van der Waals surface area contributed by atoms with Crippen molar-refractivity contribution in [3.8, 4) is 0 Å². The molecule has 0 spiro atoms. The van der Waals surface area contributed by atoms with Gasteiger partial charge in [0, 0.05) is 22.8 Å². The van der Waals surface area contributed by atoms with E-state index in [1.54, 1.807) is 30.0 Å². The van der Waals surface area contributed by atoms with Crippen LogP contribution in [0.2, 0.25) is 10.0 Å². The summed E-state index contributed by atoms with van der Waals surface area (Å²) in [6.07, 6.45) is 1.27. The number of hydrogen-bond acceptors (Lipinski definition) is 5. The topological polar surface area (TPSA) is 86.9 Å². The molecule has 0 saturated carbocycles. The lowest BCUT2D eigenvalue weighted by atomic mass is 10.2. The smallest absolute Gasteiger partial charge is 0.264 e. The Morgan fingerprint density at radius 1 is 1.40 bits per heavy atom. The highest BCUT2D eigenvalue weighted by Gasteiger charge is 2.17. The van der Waals surface area contributed by atoms with Crippen LogP contribution < -0.4 is 16.2 Å². The SMILES string of the molecule is CC1NC(c2ncc(C(=O)NCc3ccc(Cl)cc3Cl)c(=O)[nH]2)=CS1. The molecule has 1 aromatic carbocycles. The van der Waals surface area contributed by atoms with E-state index in [1.807, 2.05) is 12.3 Å². The van der Waals surface area contributed by atoms with Gasteiger partial charge < -0.3 is 15.6 Å². The normalized spacial score (nSPS) is 16.3. The van der Waals surface area contributed by atoms with Gasteiger partial charge in [-0.1, -0.05) is 29.3 Å². The first-order chi connectivity index (χ1) is 11.9. The zero-order valence-electron chi connectivity index (χ0n) is 13.1. The van der Waals surface area contributed by atoms with Crippen molar-refractivity contribution in [3.63, 3.8) is 0 Å². The van der Waals surface area contributed by atoms with Crippen LogP contribution in [0.1, 0.15) is 28.7 Å². The Bertz CT molecular complexity index is 913. The first-order valence-electron chi connectivity index (χ1n) is 7.38. The second-order valence-electron chi connectivity index (χ2n) is 5.35. The molecule has 1 unspecified atom stereocenters. The number of carbonyl (C=O) groups is 1. The van der Waals surface area contributed by atoms with E-state index < -0.39 is 11.5 Å². The first kappa shape index (κ1) is 17.8. The van der Waals surface area contributed by atoms with Gasteiger partial charge in [-0.3, -0.25) is 9.59 Å². The summed E-state index contributed by atoms with van der Waals surface area (Å²) >= 11 is 13.5. The Balaban J connectivity index is 1.71. The van der Waals surface area contributed by atoms with Crippen LogP contribution in [0.3, 0.4) is 0 Å². The van der Waals surface area contributed by atoms with Gasteiger partial charge >= 0.3 is 0 Å². The highest BCUT2D eigenvalue weighted by Crippen LogP contribution is 2.24. The van der Waals surface area contributed by atoms with Crippen molar-refractivity contribution in [1.29, 1.82) is 0 Å². The lowest BCUT2D eigenvalue weighted by molar-refractivity contribution is 0.0949. The highest BCUT2D eigenvalue weighted by molar-refractivity contribution is 8.03. The number of benzene rings is 1. The number of H-pyrrole nitrogens is 1. The van der Waals surface area contributed by atoms with E-state index in [0.717, 1.165) is 5.70 Å². The molecule has 0 fully saturated rings. The number of nitrogens with zero attached hydrogens (tertiary/aromatic N) is 1. The molecule has 25 heavy (non-hydrogen) atoms. The van der Waals surface area contributed by atoms with Gasteiger partial charge in [0.15, 0.2) is 5.82 Å². The van der Waals surface area contributed by atoms with E-state index >= 15 is 0 Å². The maximum absolute atomic E-state index is 12.2. The third-order valence-corrected chi connectivity index (χ3v) is 4.99. The van der Waals surface area contributed by atoms with Crippen molar-refractivity contribution in [1.82, 2.24) is 20.6 Å². The van der Waals surface area contributed by atoms with Crippen molar-refractivity contribution in [2.45, 2.75) is 18.8 Å². The molecule has 0 saturated heterocycles. The van der Waals surface area contributed by atoms with E-state index in [4.69, 9.17) is 23.2 Å². The van der Waals surface area contributed by atoms with E-state index in [-0.39, 0.29) is 17.5 Å². The summed E-state index contributed by atoms with van der Waals surface area (Å²) in [4.78, 5) is 31.2. The van der Waals surface area contributed by atoms with Crippen LogP contribution in [-0.4, -0.2) is 21.2 Å². The van der Waals surface area contributed by atoms with Crippen LogP contribution in [-0.2, 0) is 6.54 Å². The largest absolute Gasteiger partial charge is 0.370 e. The molecule has 2 aromatic rings. The molecule has 1 amide bonds. The minimum absolute atomic E-state index is 0.0619. The second kappa shape index (κ2) is 7.51. The maximum atomic E-state index is 12.2. The molecule has 1 aromatic heterocycles. The van der Waals surface area contributed by atoms with Crippen LogP contribution in [0.25, 0.3) is 5.70 Å². The number of thioether (sulfide) groups is 1. The van der Waals surface area contributed by atoms with Gasteiger partial charge in [0.2, 0.25) is 0 Å². The van der Waals surface area contributed by atoms with E-state index in [2.05, 4.69) is 20.6 Å². The third-order valence-electron chi connectivity index (χ3n) is 3.50. The standard InChI is InChI=1S/C16H14Cl2N4O2S/c1-8-21-13(7-25-8)14-19-6-11(16(24)22-14)15(23)20-5-9-2-3-10(17)4-12(9)18/h2-4,6-8,21H,5H2,1H3,(H,20,23)(H,19,22,24). The van der Waals surface area contributed by atoms with Crippen LogP contribution in [0.4, 0.5) is 0 Å². The summed E-state index contributed by atoms with van der Waals surface area (Å²) < 4.78 is 0. The summed E-state index contributed by atoms with van der Waals surface area (Å²) in [7, 11) is 0. The van der Waals surface area contributed by atoms with Crippen LogP contribution >= 0.6 is 35.0 Å². The van der Waals surface area contributed by atoms with Crippen LogP contribution in [0, 0.1) is 0 Å². The number of rotatable bonds is 4. The van der Waals surface area contributed by atoms with Crippen LogP contribution in [0.5, 0.6) is 0 Å². The van der Waals surface area contributed by atoms with E-state index in [0.29, 0.717) is 21.4 Å². The summed E-state index contributed by atoms with van der Waals surface area (Å²) in [6, 6.07) is 4.99. The number of amides is 1. The van der Waals surface area contributed by atoms with Gasteiger partial charge in [-0.15, -0.1) is 11.8 Å². The van der Waals surface area contributed by atoms with Gasteiger partial charge in [-0.2, -0.15) is 0 Å². The van der Waals surface area contributed by atoms with Crippen LogP contribution in [0.15, 0.2) is 34.6 Å². The van der Waals surface area contributed by atoms with Gasteiger partial charge in [0.25, 0.3) is 11.5 Å². The fourth-order valence-electron chi connectivity index (χ4n) is 2.21. The zero-order valence-corrected chi connectivity index (χ0v) is 15.4. The first-order valence-corrected chi connectivity index (χ1v) is 9.08. The van der Waals surface area contributed by atoms with Gasteiger partial charge in [0.05, 0.1) is 11.1 Å². The molecule has 3 N–H and O–H groups in total. The highest BCUT2D eigenvalue weighted by atomic mass is 35.5. The predicted octanol–water partition coefficient (Wildman–Crippen LogP) is 2.99. The molecular formula is C16H14Cl2N4O2S.